The second-order valence-corrected chi connectivity index (χ2v) is 8.79. The average Bonchev–Trinajstić information content (AvgIpc) is 2.61. The fourth-order valence-electron chi connectivity index (χ4n) is 2.15. The van der Waals surface area contributed by atoms with Crippen molar-refractivity contribution in [2.45, 2.75) is 9.79 Å². The number of hydrogen-bond acceptors (Lipinski definition) is 6. The quantitative estimate of drug-likeness (QED) is 0.531. The van der Waals surface area contributed by atoms with Crippen molar-refractivity contribution in [2.24, 2.45) is 0 Å². The molecule has 0 fully saturated rings. The van der Waals surface area contributed by atoms with Crippen molar-refractivity contribution >= 4 is 37.4 Å². The molecule has 0 heterocycles. The number of halogens is 1. The number of rotatable bonds is 7. The molecule has 4 N–H and O–H groups in total. The van der Waals surface area contributed by atoms with Gasteiger partial charge in [-0.15, -0.1) is 0 Å². The van der Waals surface area contributed by atoms with Crippen LogP contribution in [0, 0.1) is 5.82 Å². The molecule has 2 rings (SSSR count). The summed E-state index contributed by atoms with van der Waals surface area (Å²) in [5.74, 6) is -2.71. The Kier molecular flexibility index (Phi) is 5.73. The van der Waals surface area contributed by atoms with E-state index in [1.165, 1.54) is 26.2 Å². The fraction of sp³-hybridized carbons (Fsp3) is 0.133. The highest BCUT2D eigenvalue weighted by Gasteiger charge is 2.22. The molecule has 0 aromatic heterocycles. The molecule has 0 saturated carbocycles. The number of carboxylic acid groups (broad SMARTS) is 1. The van der Waals surface area contributed by atoms with Gasteiger partial charge in [-0.05, 0) is 43.4 Å². The van der Waals surface area contributed by atoms with Crippen molar-refractivity contribution in [2.75, 3.05) is 24.1 Å². The zero-order valence-corrected chi connectivity index (χ0v) is 15.8. The molecule has 2 aromatic rings. The van der Waals surface area contributed by atoms with Gasteiger partial charge in [0.25, 0.3) is 10.0 Å². The molecule has 0 radical (unpaired) electrons. The van der Waals surface area contributed by atoms with Crippen molar-refractivity contribution in [1.82, 2.24) is 4.72 Å². The van der Waals surface area contributed by atoms with E-state index >= 15 is 0 Å². The Morgan fingerprint density at radius 2 is 1.52 bits per heavy atom. The van der Waals surface area contributed by atoms with Crippen molar-refractivity contribution in [3.8, 4) is 0 Å². The highest BCUT2D eigenvalue weighted by molar-refractivity contribution is 7.92. The first-order valence-electron chi connectivity index (χ1n) is 7.33. The first-order valence-corrected chi connectivity index (χ1v) is 10.3. The van der Waals surface area contributed by atoms with Gasteiger partial charge in [-0.1, -0.05) is 0 Å². The van der Waals surface area contributed by atoms with Crippen LogP contribution in [0.2, 0.25) is 0 Å². The topological polar surface area (TPSA) is 142 Å². The standard InChI is InChI=1S/C15H16FN3O6S2/c1-17-13-6-4-10(26(22,23)18-2)8-14(13)19-27(24,25)9-3-5-12(16)11(7-9)15(20)21/h3-8,17-19H,1-2H3,(H,20,21). The Hall–Kier alpha value is -2.70. The minimum absolute atomic E-state index is 0.0879. The predicted molar refractivity (Wildman–Crippen MR) is 96.4 cm³/mol. The van der Waals surface area contributed by atoms with Crippen molar-refractivity contribution < 1.29 is 31.1 Å². The molecular formula is C15H16FN3O6S2. The molecule has 0 aliphatic carbocycles. The maximum atomic E-state index is 13.5. The van der Waals surface area contributed by atoms with Gasteiger partial charge in [0.2, 0.25) is 10.0 Å². The minimum atomic E-state index is -4.32. The second-order valence-electron chi connectivity index (χ2n) is 5.22. The Labute approximate surface area is 155 Å². The molecule has 0 spiro atoms. The van der Waals surface area contributed by atoms with E-state index in [4.69, 9.17) is 5.11 Å². The summed E-state index contributed by atoms with van der Waals surface area (Å²) in [4.78, 5) is 10.3. The van der Waals surface area contributed by atoms with Crippen LogP contribution in [0.1, 0.15) is 10.4 Å². The van der Waals surface area contributed by atoms with Crippen LogP contribution in [0.4, 0.5) is 15.8 Å². The van der Waals surface area contributed by atoms with E-state index < -0.39 is 42.3 Å². The van der Waals surface area contributed by atoms with E-state index in [0.717, 1.165) is 18.2 Å². The summed E-state index contributed by atoms with van der Waals surface area (Å²) >= 11 is 0. The molecule has 0 saturated heterocycles. The number of carbonyl (C=O) groups is 1. The minimum Gasteiger partial charge on any atom is -0.478 e. The third-order valence-electron chi connectivity index (χ3n) is 3.56. The highest BCUT2D eigenvalue weighted by Crippen LogP contribution is 2.28. The van der Waals surface area contributed by atoms with Gasteiger partial charge in [0.15, 0.2) is 0 Å². The molecule has 0 aliphatic heterocycles. The summed E-state index contributed by atoms with van der Waals surface area (Å²) in [5, 5.41) is 11.7. The van der Waals surface area contributed by atoms with Crippen LogP contribution in [-0.2, 0) is 20.0 Å². The molecule has 0 unspecified atom stereocenters. The van der Waals surface area contributed by atoms with Crippen LogP contribution in [0.3, 0.4) is 0 Å². The molecule has 9 nitrogen and oxygen atoms in total. The summed E-state index contributed by atoms with van der Waals surface area (Å²) in [7, 11) is -5.45. The van der Waals surface area contributed by atoms with Crippen molar-refractivity contribution in [3.63, 3.8) is 0 Å². The number of nitrogens with one attached hydrogen (secondary N) is 3. The Balaban J connectivity index is 2.53. The molecule has 2 aromatic carbocycles. The summed E-state index contributed by atoms with van der Waals surface area (Å²) in [5.41, 5.74) is -0.623. The van der Waals surface area contributed by atoms with Gasteiger partial charge in [0, 0.05) is 7.05 Å². The molecule has 12 heteroatoms. The van der Waals surface area contributed by atoms with Crippen molar-refractivity contribution in [1.29, 1.82) is 0 Å². The third kappa shape index (κ3) is 4.35. The zero-order valence-electron chi connectivity index (χ0n) is 14.1. The lowest BCUT2D eigenvalue weighted by Gasteiger charge is -2.14. The molecule has 0 amide bonds. The van der Waals surface area contributed by atoms with Crippen LogP contribution >= 0.6 is 0 Å². The SMILES string of the molecule is CNc1ccc(S(=O)(=O)NC)cc1NS(=O)(=O)c1ccc(F)c(C(=O)O)c1. The van der Waals surface area contributed by atoms with Gasteiger partial charge < -0.3 is 10.4 Å². The number of sulfonamides is 2. The fourth-order valence-corrected chi connectivity index (χ4v) is 4.00. The van der Waals surface area contributed by atoms with Gasteiger partial charge in [0.1, 0.15) is 5.82 Å². The van der Waals surface area contributed by atoms with Crippen molar-refractivity contribution in [3.05, 3.63) is 47.8 Å². The number of anilines is 2. The third-order valence-corrected chi connectivity index (χ3v) is 6.34. The van der Waals surface area contributed by atoms with E-state index in [-0.39, 0.29) is 16.3 Å². The maximum absolute atomic E-state index is 13.5. The second kappa shape index (κ2) is 7.50. The Bertz CT molecular complexity index is 1100. The zero-order chi connectivity index (χ0) is 20.4. The van der Waals surface area contributed by atoms with Gasteiger partial charge in [-0.3, -0.25) is 4.72 Å². The molecular weight excluding hydrogens is 401 g/mol. The van der Waals surface area contributed by atoms with Crippen LogP contribution in [-0.4, -0.2) is 42.0 Å². The van der Waals surface area contributed by atoms with E-state index in [1.54, 1.807) is 0 Å². The lowest BCUT2D eigenvalue weighted by Crippen LogP contribution is -2.20. The van der Waals surface area contributed by atoms with Gasteiger partial charge in [-0.25, -0.2) is 30.7 Å². The van der Waals surface area contributed by atoms with E-state index in [1.807, 2.05) is 0 Å². The smallest absolute Gasteiger partial charge is 0.338 e. The summed E-state index contributed by atoms with van der Waals surface area (Å²) in [6, 6.07) is 6.02. The monoisotopic (exact) mass is 417 g/mol. The molecule has 0 aliphatic rings. The first kappa shape index (κ1) is 20.6. The van der Waals surface area contributed by atoms with Crippen LogP contribution in [0.5, 0.6) is 0 Å². The maximum Gasteiger partial charge on any atom is 0.338 e. The first-order chi connectivity index (χ1) is 12.5. The molecule has 27 heavy (non-hydrogen) atoms. The van der Waals surface area contributed by atoms with E-state index in [0.29, 0.717) is 6.07 Å². The highest BCUT2D eigenvalue weighted by atomic mass is 32.2. The Morgan fingerprint density at radius 3 is 2.07 bits per heavy atom. The number of carboxylic acids is 1. The van der Waals surface area contributed by atoms with E-state index in [2.05, 4.69) is 14.8 Å². The van der Waals surface area contributed by atoms with Crippen LogP contribution in [0.25, 0.3) is 0 Å². The number of benzene rings is 2. The summed E-state index contributed by atoms with van der Waals surface area (Å²) < 4.78 is 66.8. The lowest BCUT2D eigenvalue weighted by atomic mass is 10.2. The van der Waals surface area contributed by atoms with Crippen LogP contribution < -0.4 is 14.8 Å². The molecule has 146 valence electrons. The Morgan fingerprint density at radius 1 is 0.926 bits per heavy atom. The largest absolute Gasteiger partial charge is 0.478 e. The van der Waals surface area contributed by atoms with Crippen LogP contribution in [0.15, 0.2) is 46.2 Å². The average molecular weight is 417 g/mol. The lowest BCUT2D eigenvalue weighted by molar-refractivity contribution is 0.0691. The summed E-state index contributed by atoms with van der Waals surface area (Å²) in [6.07, 6.45) is 0. The van der Waals surface area contributed by atoms with Gasteiger partial charge >= 0.3 is 5.97 Å². The predicted octanol–water partition coefficient (Wildman–Crippen LogP) is 1.27. The normalized spacial score (nSPS) is 11.8. The number of aromatic carboxylic acids is 1. The van der Waals surface area contributed by atoms with Gasteiger partial charge in [0.05, 0.1) is 26.7 Å². The molecule has 0 atom stereocenters. The molecule has 0 bridgehead atoms. The van der Waals surface area contributed by atoms with E-state index in [9.17, 15) is 26.0 Å². The summed E-state index contributed by atoms with van der Waals surface area (Å²) in [6.45, 7) is 0. The number of hydrogen-bond donors (Lipinski definition) is 4. The van der Waals surface area contributed by atoms with Gasteiger partial charge in [-0.2, -0.15) is 0 Å².